The molecule has 1 fully saturated rings. The number of carbonyl (C=O) groups excluding carboxylic acids is 1. The van der Waals surface area contributed by atoms with Crippen LogP contribution in [-0.2, 0) is 6.18 Å². The first-order valence-corrected chi connectivity index (χ1v) is 9.66. The highest BCUT2D eigenvalue weighted by Gasteiger charge is 2.38. The number of nitrogens with zero attached hydrogens (tertiary/aromatic N) is 3. The molecule has 158 valence electrons. The van der Waals surface area contributed by atoms with Crippen molar-refractivity contribution < 1.29 is 18.0 Å². The monoisotopic (exact) mass is 418 g/mol. The van der Waals surface area contributed by atoms with Gasteiger partial charge < -0.3 is 16.4 Å². The first-order chi connectivity index (χ1) is 14.3. The predicted octanol–water partition coefficient (Wildman–Crippen LogP) is 3.68. The molecule has 0 unspecified atom stereocenters. The number of hydrogen-bond donors (Lipinski definition) is 3. The van der Waals surface area contributed by atoms with Crippen LogP contribution in [-0.4, -0.2) is 32.6 Å². The van der Waals surface area contributed by atoms with E-state index < -0.39 is 17.6 Å². The molecule has 3 aromatic rings. The Morgan fingerprint density at radius 2 is 1.90 bits per heavy atom. The average molecular weight is 418 g/mol. The van der Waals surface area contributed by atoms with Gasteiger partial charge in [-0.05, 0) is 37.1 Å². The molecular weight excluding hydrogens is 397 g/mol. The van der Waals surface area contributed by atoms with Crippen LogP contribution >= 0.6 is 0 Å². The van der Waals surface area contributed by atoms with Crippen molar-refractivity contribution in [2.24, 2.45) is 5.73 Å². The van der Waals surface area contributed by atoms with E-state index in [0.717, 1.165) is 19.3 Å². The molecular formula is C20H21F3N6O. The Hall–Kier alpha value is -3.14. The molecule has 10 heteroatoms. The number of benzene rings is 1. The van der Waals surface area contributed by atoms with Crippen LogP contribution in [0.3, 0.4) is 0 Å². The number of anilines is 2. The molecule has 0 saturated heterocycles. The van der Waals surface area contributed by atoms with Gasteiger partial charge in [0.05, 0.1) is 17.4 Å². The van der Waals surface area contributed by atoms with Gasteiger partial charge in [0.15, 0.2) is 0 Å². The first kappa shape index (κ1) is 20.1. The maximum absolute atomic E-state index is 14.0. The van der Waals surface area contributed by atoms with Crippen molar-refractivity contribution >= 4 is 22.8 Å². The maximum Gasteiger partial charge on any atom is 0.420 e. The summed E-state index contributed by atoms with van der Waals surface area (Å²) in [5, 5.41) is 9.33. The highest BCUT2D eigenvalue weighted by Crippen LogP contribution is 2.41. The molecule has 4 N–H and O–H groups in total. The fraction of sp³-hybridized carbons (Fsp3) is 0.350. The molecule has 0 bridgehead atoms. The van der Waals surface area contributed by atoms with Crippen molar-refractivity contribution in [1.29, 1.82) is 0 Å². The molecule has 7 nitrogen and oxygen atoms in total. The van der Waals surface area contributed by atoms with Crippen LogP contribution in [0.5, 0.6) is 0 Å². The Balaban J connectivity index is 1.66. The summed E-state index contributed by atoms with van der Waals surface area (Å²) < 4.78 is 43.2. The molecule has 0 radical (unpaired) electrons. The summed E-state index contributed by atoms with van der Waals surface area (Å²) in [5.41, 5.74) is 5.41. The highest BCUT2D eigenvalue weighted by atomic mass is 19.4. The van der Waals surface area contributed by atoms with Crippen LogP contribution in [0.2, 0.25) is 0 Å². The molecule has 1 aromatic carbocycles. The molecule has 2 heterocycles. The van der Waals surface area contributed by atoms with Gasteiger partial charge in [-0.1, -0.05) is 18.9 Å². The largest absolute Gasteiger partial charge is 0.420 e. The van der Waals surface area contributed by atoms with Gasteiger partial charge in [0.1, 0.15) is 17.6 Å². The zero-order valence-corrected chi connectivity index (χ0v) is 16.0. The summed E-state index contributed by atoms with van der Waals surface area (Å²) >= 11 is 0. The fourth-order valence-corrected chi connectivity index (χ4v) is 3.84. The number of carbonyl (C=O) groups is 1. The van der Waals surface area contributed by atoms with E-state index in [1.807, 2.05) is 0 Å². The lowest BCUT2D eigenvalue weighted by atomic mass is 9.90. The van der Waals surface area contributed by atoms with Crippen molar-refractivity contribution in [3.63, 3.8) is 0 Å². The van der Waals surface area contributed by atoms with E-state index in [1.54, 1.807) is 6.07 Å². The zero-order valence-electron chi connectivity index (χ0n) is 16.0. The third-order valence-electron chi connectivity index (χ3n) is 5.31. The van der Waals surface area contributed by atoms with E-state index in [-0.39, 0.29) is 29.2 Å². The summed E-state index contributed by atoms with van der Waals surface area (Å²) in [6.45, 7) is 0. The molecule has 0 aliphatic heterocycles. The number of nitrogens with two attached hydrogens (primary N) is 1. The van der Waals surface area contributed by atoms with E-state index in [2.05, 4.69) is 20.7 Å². The van der Waals surface area contributed by atoms with Crippen LogP contribution in [0, 0.1) is 0 Å². The van der Waals surface area contributed by atoms with Crippen LogP contribution in [0.15, 0.2) is 42.9 Å². The molecule has 2 aromatic heterocycles. The molecule has 0 spiro atoms. The van der Waals surface area contributed by atoms with Gasteiger partial charge in [-0.2, -0.15) is 18.3 Å². The quantitative estimate of drug-likeness (QED) is 0.601. The summed E-state index contributed by atoms with van der Waals surface area (Å²) in [6, 6.07) is 6.69. The van der Waals surface area contributed by atoms with Gasteiger partial charge in [0.2, 0.25) is 0 Å². The number of aromatic nitrogens is 3. The maximum atomic E-state index is 14.0. The topological polar surface area (TPSA) is 97.3 Å². The third kappa shape index (κ3) is 3.95. The highest BCUT2D eigenvalue weighted by molar-refractivity contribution is 6.04. The minimum atomic E-state index is -4.67. The summed E-state index contributed by atoms with van der Waals surface area (Å²) in [7, 11) is 0. The van der Waals surface area contributed by atoms with E-state index >= 15 is 0 Å². The number of halogens is 3. The Kier molecular flexibility index (Phi) is 5.33. The number of hydrogen-bond acceptors (Lipinski definition) is 5. The second kappa shape index (κ2) is 7.94. The molecule has 1 amide bonds. The number of alkyl halides is 3. The molecule has 30 heavy (non-hydrogen) atoms. The number of rotatable bonds is 4. The SMILES string of the molecule is N[C@H]1CCCC[C@H]1Nc1cccc(NC(=O)c2ccc3cncnn23)c1C(F)(F)F. The first-order valence-electron chi connectivity index (χ1n) is 9.66. The Morgan fingerprint density at radius 3 is 2.67 bits per heavy atom. The van der Waals surface area contributed by atoms with Crippen LogP contribution < -0.4 is 16.4 Å². The van der Waals surface area contributed by atoms with Gasteiger partial charge in [0.25, 0.3) is 5.91 Å². The molecule has 4 rings (SSSR count). The van der Waals surface area contributed by atoms with E-state index in [9.17, 15) is 18.0 Å². The van der Waals surface area contributed by atoms with Gasteiger partial charge in [-0.15, -0.1) is 0 Å². The lowest BCUT2D eigenvalue weighted by Gasteiger charge is -2.31. The minimum Gasteiger partial charge on any atom is -0.380 e. The van der Waals surface area contributed by atoms with Crippen molar-refractivity contribution in [1.82, 2.24) is 14.6 Å². The Morgan fingerprint density at radius 1 is 1.13 bits per heavy atom. The van der Waals surface area contributed by atoms with Crippen molar-refractivity contribution in [2.75, 3.05) is 10.6 Å². The van der Waals surface area contributed by atoms with Crippen molar-refractivity contribution in [2.45, 2.75) is 43.9 Å². The smallest absolute Gasteiger partial charge is 0.380 e. The van der Waals surface area contributed by atoms with Crippen molar-refractivity contribution in [3.8, 4) is 0 Å². The second-order valence-corrected chi connectivity index (χ2v) is 7.34. The Labute approximate surface area is 170 Å². The number of amides is 1. The van der Waals surface area contributed by atoms with E-state index in [1.165, 1.54) is 41.3 Å². The van der Waals surface area contributed by atoms with Gasteiger partial charge >= 0.3 is 6.18 Å². The lowest BCUT2D eigenvalue weighted by molar-refractivity contribution is -0.136. The van der Waals surface area contributed by atoms with Gasteiger partial charge in [-0.3, -0.25) is 4.79 Å². The number of fused-ring (bicyclic) bond motifs is 1. The van der Waals surface area contributed by atoms with Crippen molar-refractivity contribution in [3.05, 3.63) is 54.1 Å². The zero-order chi connectivity index (χ0) is 21.3. The second-order valence-electron chi connectivity index (χ2n) is 7.34. The van der Waals surface area contributed by atoms with Gasteiger partial charge in [0, 0.05) is 17.8 Å². The van der Waals surface area contributed by atoms with Gasteiger partial charge in [-0.25, -0.2) is 9.50 Å². The summed E-state index contributed by atoms with van der Waals surface area (Å²) in [4.78, 5) is 16.6. The lowest BCUT2D eigenvalue weighted by Crippen LogP contribution is -2.43. The van der Waals surface area contributed by atoms with Crippen LogP contribution in [0.25, 0.3) is 5.52 Å². The normalized spacial score (nSPS) is 19.6. The Bertz CT molecular complexity index is 1060. The third-order valence-corrected chi connectivity index (χ3v) is 5.31. The molecule has 1 aliphatic carbocycles. The van der Waals surface area contributed by atoms with E-state index in [0.29, 0.717) is 11.9 Å². The van der Waals surface area contributed by atoms with Crippen LogP contribution in [0.4, 0.5) is 24.5 Å². The predicted molar refractivity (Wildman–Crippen MR) is 106 cm³/mol. The van der Waals surface area contributed by atoms with E-state index in [4.69, 9.17) is 5.73 Å². The molecule has 1 saturated carbocycles. The fourth-order valence-electron chi connectivity index (χ4n) is 3.84. The molecule has 1 aliphatic rings. The summed E-state index contributed by atoms with van der Waals surface area (Å²) in [5.74, 6) is -0.703. The number of nitrogens with one attached hydrogen (secondary N) is 2. The average Bonchev–Trinajstić information content (AvgIpc) is 3.13. The van der Waals surface area contributed by atoms with Crippen LogP contribution in [0.1, 0.15) is 41.7 Å². The summed E-state index contributed by atoms with van der Waals surface area (Å²) in [6.07, 6.45) is 1.42. The standard InChI is InChI=1S/C20H21F3N6O/c21-20(22,23)18-15(27-14-5-2-1-4-13(14)24)6-3-7-16(18)28-19(30)17-9-8-12-10-25-11-26-29(12)17/h3,6-11,13-14,27H,1-2,4-5,24H2,(H,28,30)/t13-,14+/m0/s1. The molecule has 2 atom stereocenters. The minimum absolute atomic E-state index is 0.0926.